The number of hydrogen-bond donors (Lipinski definition) is 1. The molecule has 0 saturated carbocycles. The van der Waals surface area contributed by atoms with E-state index in [1.165, 1.54) is 31.2 Å². The number of carbonyl (C=O) groups excluding carboxylic acids is 1. The van der Waals surface area contributed by atoms with Crippen LogP contribution in [0.1, 0.15) is 21.5 Å². The molecular formula is C16H14F3NO4S. The lowest BCUT2D eigenvalue weighted by Gasteiger charge is -2.14. The Morgan fingerprint density at radius 2 is 1.80 bits per heavy atom. The van der Waals surface area contributed by atoms with Crippen molar-refractivity contribution in [3.63, 3.8) is 0 Å². The average molecular weight is 373 g/mol. The Morgan fingerprint density at radius 3 is 2.40 bits per heavy atom. The Bertz CT molecular complexity index is 908. The van der Waals surface area contributed by atoms with E-state index in [2.05, 4.69) is 9.46 Å². The molecule has 0 amide bonds. The van der Waals surface area contributed by atoms with E-state index in [0.717, 1.165) is 25.3 Å². The summed E-state index contributed by atoms with van der Waals surface area (Å²) in [6.07, 6.45) is -4.60. The second-order valence-electron chi connectivity index (χ2n) is 5.15. The summed E-state index contributed by atoms with van der Waals surface area (Å²) < 4.78 is 69.9. The van der Waals surface area contributed by atoms with Crippen molar-refractivity contribution in [2.45, 2.75) is 18.0 Å². The zero-order valence-electron chi connectivity index (χ0n) is 13.2. The molecule has 0 unspecified atom stereocenters. The minimum atomic E-state index is -4.60. The first kappa shape index (κ1) is 18.8. The first-order chi connectivity index (χ1) is 11.5. The second kappa shape index (κ2) is 6.75. The maximum absolute atomic E-state index is 12.8. The molecule has 134 valence electrons. The monoisotopic (exact) mass is 373 g/mol. The molecule has 0 atom stereocenters. The van der Waals surface area contributed by atoms with Gasteiger partial charge in [-0.15, -0.1) is 0 Å². The number of nitrogens with one attached hydrogen (secondary N) is 1. The van der Waals surface area contributed by atoms with Crippen LogP contribution in [-0.2, 0) is 20.9 Å². The average Bonchev–Trinajstić information content (AvgIpc) is 2.55. The maximum Gasteiger partial charge on any atom is 0.416 e. The van der Waals surface area contributed by atoms with Crippen LogP contribution in [0.4, 0.5) is 18.9 Å². The topological polar surface area (TPSA) is 72.5 Å². The van der Waals surface area contributed by atoms with Gasteiger partial charge in [0.05, 0.1) is 28.8 Å². The number of anilines is 1. The lowest BCUT2D eigenvalue weighted by Crippen LogP contribution is -2.15. The highest BCUT2D eigenvalue weighted by atomic mass is 32.2. The van der Waals surface area contributed by atoms with Crippen LogP contribution in [0, 0.1) is 6.92 Å². The normalized spacial score (nSPS) is 11.9. The third-order valence-electron chi connectivity index (χ3n) is 3.37. The smallest absolute Gasteiger partial charge is 0.416 e. The summed E-state index contributed by atoms with van der Waals surface area (Å²) in [5.41, 5.74) is -0.843. The molecule has 2 aromatic carbocycles. The highest BCUT2D eigenvalue weighted by Crippen LogP contribution is 2.32. The fourth-order valence-corrected chi connectivity index (χ4v) is 3.19. The standard InChI is InChI=1S/C16H14F3NO4S/c1-10-6-7-12(16(17,18)19)9-14(10)20-25(22,23)13-5-3-4-11(8-13)15(21)24-2/h3-9,20H,1-2H3. The van der Waals surface area contributed by atoms with Gasteiger partial charge in [-0.05, 0) is 42.8 Å². The molecule has 0 fully saturated rings. The van der Waals surface area contributed by atoms with Gasteiger partial charge in [-0.3, -0.25) is 4.72 Å². The van der Waals surface area contributed by atoms with Crippen LogP contribution in [-0.4, -0.2) is 21.5 Å². The summed E-state index contributed by atoms with van der Waals surface area (Å²) in [7, 11) is -3.04. The van der Waals surface area contributed by atoms with Crippen LogP contribution in [0.2, 0.25) is 0 Å². The molecule has 1 N–H and O–H groups in total. The minimum Gasteiger partial charge on any atom is -0.465 e. The van der Waals surface area contributed by atoms with E-state index in [4.69, 9.17) is 0 Å². The van der Waals surface area contributed by atoms with Gasteiger partial charge in [-0.25, -0.2) is 13.2 Å². The Kier molecular flexibility index (Phi) is 5.07. The van der Waals surface area contributed by atoms with Crippen molar-refractivity contribution < 1.29 is 31.1 Å². The molecule has 0 bridgehead atoms. The quantitative estimate of drug-likeness (QED) is 0.831. The Labute approximate surface area is 142 Å². The van der Waals surface area contributed by atoms with Crippen molar-refractivity contribution in [1.82, 2.24) is 0 Å². The van der Waals surface area contributed by atoms with E-state index in [0.29, 0.717) is 5.56 Å². The molecule has 9 heteroatoms. The molecule has 2 aromatic rings. The largest absolute Gasteiger partial charge is 0.465 e. The number of alkyl halides is 3. The Hall–Kier alpha value is -2.55. The maximum atomic E-state index is 12.8. The molecule has 0 saturated heterocycles. The van der Waals surface area contributed by atoms with Crippen molar-refractivity contribution in [1.29, 1.82) is 0 Å². The number of sulfonamides is 1. The molecule has 0 aliphatic heterocycles. The van der Waals surface area contributed by atoms with Crippen molar-refractivity contribution in [2.24, 2.45) is 0 Å². The zero-order chi connectivity index (χ0) is 18.8. The van der Waals surface area contributed by atoms with Gasteiger partial charge in [0.25, 0.3) is 10.0 Å². The summed E-state index contributed by atoms with van der Waals surface area (Å²) in [4.78, 5) is 11.2. The number of esters is 1. The first-order valence-electron chi connectivity index (χ1n) is 6.93. The lowest BCUT2D eigenvalue weighted by molar-refractivity contribution is -0.137. The number of halogens is 3. The molecule has 0 aromatic heterocycles. The van der Waals surface area contributed by atoms with E-state index in [1.807, 2.05) is 0 Å². The van der Waals surface area contributed by atoms with E-state index in [9.17, 15) is 26.4 Å². The summed E-state index contributed by atoms with van der Waals surface area (Å²) >= 11 is 0. The van der Waals surface area contributed by atoms with Gasteiger partial charge in [0, 0.05) is 0 Å². The van der Waals surface area contributed by atoms with E-state index in [1.54, 1.807) is 0 Å². The minimum absolute atomic E-state index is 0.00568. The number of benzene rings is 2. The Balaban J connectivity index is 2.41. The van der Waals surface area contributed by atoms with E-state index in [-0.39, 0.29) is 16.1 Å². The van der Waals surface area contributed by atoms with Gasteiger partial charge in [-0.2, -0.15) is 13.2 Å². The number of hydrogen-bond acceptors (Lipinski definition) is 4. The fourth-order valence-electron chi connectivity index (χ4n) is 2.02. The van der Waals surface area contributed by atoms with Crippen molar-refractivity contribution in [3.05, 3.63) is 59.2 Å². The van der Waals surface area contributed by atoms with Crippen molar-refractivity contribution in [2.75, 3.05) is 11.8 Å². The van der Waals surface area contributed by atoms with Crippen LogP contribution in [0.15, 0.2) is 47.4 Å². The fraction of sp³-hybridized carbons (Fsp3) is 0.188. The molecule has 25 heavy (non-hydrogen) atoms. The highest BCUT2D eigenvalue weighted by molar-refractivity contribution is 7.92. The van der Waals surface area contributed by atoms with Gasteiger partial charge in [0.15, 0.2) is 0 Å². The number of ether oxygens (including phenoxy) is 1. The van der Waals surface area contributed by atoms with Gasteiger partial charge in [0.1, 0.15) is 0 Å². The molecule has 0 radical (unpaired) electrons. The predicted octanol–water partition coefficient (Wildman–Crippen LogP) is 3.60. The molecule has 5 nitrogen and oxygen atoms in total. The van der Waals surface area contributed by atoms with E-state index >= 15 is 0 Å². The summed E-state index contributed by atoms with van der Waals surface area (Å²) in [6.45, 7) is 1.48. The molecule has 2 rings (SSSR count). The van der Waals surface area contributed by atoms with Crippen LogP contribution in [0.5, 0.6) is 0 Å². The van der Waals surface area contributed by atoms with Crippen molar-refractivity contribution in [3.8, 4) is 0 Å². The Morgan fingerprint density at radius 1 is 1.12 bits per heavy atom. The third kappa shape index (κ3) is 4.30. The number of aryl methyl sites for hydroxylation is 1. The van der Waals surface area contributed by atoms with Crippen molar-refractivity contribution >= 4 is 21.7 Å². The number of carbonyl (C=O) groups is 1. The van der Waals surface area contributed by atoms with Gasteiger partial charge in [0.2, 0.25) is 0 Å². The van der Waals surface area contributed by atoms with Gasteiger partial charge in [-0.1, -0.05) is 12.1 Å². The molecule has 0 spiro atoms. The predicted molar refractivity (Wildman–Crippen MR) is 84.8 cm³/mol. The SMILES string of the molecule is COC(=O)c1cccc(S(=O)(=O)Nc2cc(C(F)(F)F)ccc2C)c1. The first-order valence-corrected chi connectivity index (χ1v) is 8.42. The number of methoxy groups -OCH3 is 1. The third-order valence-corrected chi connectivity index (χ3v) is 4.74. The van der Waals surface area contributed by atoms with Crippen LogP contribution >= 0.6 is 0 Å². The summed E-state index contributed by atoms with van der Waals surface area (Å²) in [6, 6.07) is 7.75. The van der Waals surface area contributed by atoms with Crippen LogP contribution < -0.4 is 4.72 Å². The van der Waals surface area contributed by atoms with Crippen LogP contribution in [0.3, 0.4) is 0 Å². The molecular weight excluding hydrogens is 359 g/mol. The van der Waals surface area contributed by atoms with Gasteiger partial charge >= 0.3 is 12.1 Å². The second-order valence-corrected chi connectivity index (χ2v) is 6.83. The molecule has 0 aliphatic rings. The summed E-state index contributed by atoms with van der Waals surface area (Å²) in [5, 5.41) is 0. The van der Waals surface area contributed by atoms with Crippen LogP contribution in [0.25, 0.3) is 0 Å². The van der Waals surface area contributed by atoms with Gasteiger partial charge < -0.3 is 4.74 Å². The zero-order valence-corrected chi connectivity index (χ0v) is 14.0. The molecule has 0 aliphatic carbocycles. The summed E-state index contributed by atoms with van der Waals surface area (Å²) in [5.74, 6) is -0.729. The number of rotatable bonds is 4. The highest BCUT2D eigenvalue weighted by Gasteiger charge is 2.31. The molecule has 0 heterocycles. The lowest BCUT2D eigenvalue weighted by atomic mass is 10.1. The van der Waals surface area contributed by atoms with E-state index < -0.39 is 27.7 Å².